The van der Waals surface area contributed by atoms with Crippen LogP contribution >= 0.6 is 0 Å². The standard InChI is InChI=1S/C46H28O/c1-2-12-29(13-3-1)31-24-26-34-32(28-31)25-27-41-45-40(22-11-23-42(45)47-46(34)41)44-38-19-8-6-17-36(38)43(37-18-7-9-20-39(37)44)35-21-10-15-30-14-4-5-16-33(30)35/h1-28H/i6D,7D,8D,9D,17D,18D,19D,20D. The fourth-order valence-corrected chi connectivity index (χ4v) is 7.24. The molecule has 218 valence electrons. The minimum atomic E-state index is -0.438. The largest absolute Gasteiger partial charge is 0.455 e. The van der Waals surface area contributed by atoms with Gasteiger partial charge in [0.2, 0.25) is 0 Å². The first-order valence-corrected chi connectivity index (χ1v) is 15.5. The smallest absolute Gasteiger partial charge is 0.143 e. The van der Waals surface area contributed by atoms with Crippen molar-refractivity contribution in [3.05, 3.63) is 170 Å². The highest BCUT2D eigenvalue weighted by Gasteiger charge is 2.21. The summed E-state index contributed by atoms with van der Waals surface area (Å²) in [6, 6.07) is 36.2. The molecule has 0 saturated heterocycles. The van der Waals surface area contributed by atoms with Gasteiger partial charge in [-0.1, -0.05) is 145 Å². The number of rotatable bonds is 3. The molecule has 0 bridgehead atoms. The zero-order valence-electron chi connectivity index (χ0n) is 33.0. The van der Waals surface area contributed by atoms with E-state index in [9.17, 15) is 5.48 Å². The van der Waals surface area contributed by atoms with Crippen molar-refractivity contribution >= 4 is 65.0 Å². The first-order chi connectivity index (χ1) is 26.7. The highest BCUT2D eigenvalue weighted by molar-refractivity contribution is 6.28. The molecule has 0 atom stereocenters. The van der Waals surface area contributed by atoms with Gasteiger partial charge in [-0.15, -0.1) is 0 Å². The second-order valence-corrected chi connectivity index (χ2v) is 11.8. The van der Waals surface area contributed by atoms with Gasteiger partial charge in [0.1, 0.15) is 11.2 Å². The molecule has 0 spiro atoms. The van der Waals surface area contributed by atoms with Crippen LogP contribution < -0.4 is 0 Å². The van der Waals surface area contributed by atoms with Crippen molar-refractivity contribution < 1.29 is 15.4 Å². The third-order valence-electron chi connectivity index (χ3n) is 9.29. The molecule has 0 aliphatic carbocycles. The maximum absolute atomic E-state index is 9.46. The van der Waals surface area contributed by atoms with Gasteiger partial charge >= 0.3 is 0 Å². The van der Waals surface area contributed by atoms with Crippen LogP contribution in [0.2, 0.25) is 0 Å². The van der Waals surface area contributed by atoms with E-state index in [1.807, 2.05) is 97.1 Å². The van der Waals surface area contributed by atoms with Gasteiger partial charge < -0.3 is 4.42 Å². The third-order valence-corrected chi connectivity index (χ3v) is 9.29. The summed E-state index contributed by atoms with van der Waals surface area (Å²) in [5.74, 6) is 0. The van der Waals surface area contributed by atoms with E-state index < -0.39 is 24.2 Å². The van der Waals surface area contributed by atoms with Gasteiger partial charge in [0, 0.05) is 16.2 Å². The molecule has 1 heteroatoms. The minimum Gasteiger partial charge on any atom is -0.455 e. The summed E-state index contributed by atoms with van der Waals surface area (Å²) < 4.78 is 79.8. The molecule has 0 saturated carbocycles. The van der Waals surface area contributed by atoms with E-state index in [4.69, 9.17) is 9.90 Å². The van der Waals surface area contributed by atoms with Crippen LogP contribution in [0.4, 0.5) is 0 Å². The van der Waals surface area contributed by atoms with Crippen LogP contribution in [0.1, 0.15) is 11.0 Å². The lowest BCUT2D eigenvalue weighted by Crippen LogP contribution is -1.92. The van der Waals surface area contributed by atoms with E-state index in [1.54, 1.807) is 0 Å². The molecule has 0 N–H and O–H groups in total. The Labute approximate surface area is 283 Å². The van der Waals surface area contributed by atoms with Crippen molar-refractivity contribution in [1.82, 2.24) is 0 Å². The second-order valence-electron chi connectivity index (χ2n) is 11.8. The average Bonchev–Trinajstić information content (AvgIpc) is 3.62. The monoisotopic (exact) mass is 604 g/mol. The number of benzene rings is 9. The molecule has 0 aliphatic heterocycles. The third kappa shape index (κ3) is 3.90. The fourth-order valence-electron chi connectivity index (χ4n) is 7.24. The van der Waals surface area contributed by atoms with Crippen LogP contribution in [0.15, 0.2) is 174 Å². The molecule has 9 aromatic carbocycles. The topological polar surface area (TPSA) is 13.1 Å². The zero-order valence-corrected chi connectivity index (χ0v) is 25.0. The highest BCUT2D eigenvalue weighted by atomic mass is 16.3. The summed E-state index contributed by atoms with van der Waals surface area (Å²) in [5, 5.41) is 5.67. The normalized spacial score (nSPS) is 14.2. The Bertz CT molecular complexity index is 3210. The lowest BCUT2D eigenvalue weighted by atomic mass is 9.84. The highest BCUT2D eigenvalue weighted by Crippen LogP contribution is 2.48. The van der Waals surface area contributed by atoms with E-state index in [-0.39, 0.29) is 45.7 Å². The van der Waals surface area contributed by atoms with E-state index in [0.29, 0.717) is 38.8 Å². The Morgan fingerprint density at radius 3 is 1.79 bits per heavy atom. The average molecular weight is 605 g/mol. The van der Waals surface area contributed by atoms with Gasteiger partial charge in [0.15, 0.2) is 0 Å². The predicted octanol–water partition coefficient (Wildman–Crippen LogP) is 13.2. The van der Waals surface area contributed by atoms with Gasteiger partial charge in [-0.25, -0.2) is 0 Å². The molecule has 0 radical (unpaired) electrons. The fraction of sp³-hybridized carbons (Fsp3) is 0. The van der Waals surface area contributed by atoms with E-state index in [0.717, 1.165) is 38.1 Å². The molecule has 0 unspecified atom stereocenters. The molecule has 0 aliphatic rings. The predicted molar refractivity (Wildman–Crippen MR) is 200 cm³/mol. The van der Waals surface area contributed by atoms with Crippen molar-refractivity contribution in [3.8, 4) is 33.4 Å². The second kappa shape index (κ2) is 10.2. The quantitative estimate of drug-likeness (QED) is 0.183. The lowest BCUT2D eigenvalue weighted by molar-refractivity contribution is 0.673. The molecule has 10 aromatic rings. The Morgan fingerprint density at radius 1 is 0.404 bits per heavy atom. The Balaban J connectivity index is 1.41. The summed E-state index contributed by atoms with van der Waals surface area (Å²) in [4.78, 5) is 0. The molecular formula is C46H28O. The molecule has 0 amide bonds. The number of fused-ring (bicyclic) bond motifs is 8. The zero-order chi connectivity index (χ0) is 37.9. The molecule has 1 nitrogen and oxygen atoms in total. The van der Waals surface area contributed by atoms with Crippen molar-refractivity contribution in [2.75, 3.05) is 0 Å². The molecule has 1 aromatic heterocycles. The first-order valence-electron chi connectivity index (χ1n) is 19.5. The van der Waals surface area contributed by atoms with Crippen LogP contribution in [0.5, 0.6) is 0 Å². The summed E-state index contributed by atoms with van der Waals surface area (Å²) in [6.45, 7) is 0. The number of furan rings is 1. The number of hydrogen-bond donors (Lipinski definition) is 0. The minimum absolute atomic E-state index is 0.168. The Morgan fingerprint density at radius 2 is 1.02 bits per heavy atom. The first kappa shape index (κ1) is 19.4. The summed E-state index contributed by atoms with van der Waals surface area (Å²) in [7, 11) is 0. The maximum atomic E-state index is 9.46. The summed E-state index contributed by atoms with van der Waals surface area (Å²) >= 11 is 0. The Kier molecular flexibility index (Phi) is 4.19. The number of hydrogen-bond acceptors (Lipinski definition) is 1. The Hall–Kier alpha value is -6.18. The van der Waals surface area contributed by atoms with Gasteiger partial charge in [-0.3, -0.25) is 0 Å². The van der Waals surface area contributed by atoms with Crippen LogP contribution in [-0.2, 0) is 0 Å². The van der Waals surface area contributed by atoms with Crippen LogP contribution in [0.3, 0.4) is 0 Å². The summed E-state index contributed by atoms with van der Waals surface area (Å²) in [6.07, 6.45) is 0. The van der Waals surface area contributed by atoms with Crippen LogP contribution in [0, 0.1) is 0 Å². The van der Waals surface area contributed by atoms with E-state index >= 15 is 0 Å². The van der Waals surface area contributed by atoms with Crippen molar-refractivity contribution in [2.45, 2.75) is 0 Å². The molecule has 0 fully saturated rings. The van der Waals surface area contributed by atoms with Gasteiger partial charge in [-0.05, 0) is 95.3 Å². The van der Waals surface area contributed by atoms with Crippen molar-refractivity contribution in [1.29, 1.82) is 0 Å². The van der Waals surface area contributed by atoms with Crippen LogP contribution in [-0.4, -0.2) is 0 Å². The van der Waals surface area contributed by atoms with E-state index in [1.165, 1.54) is 0 Å². The lowest BCUT2D eigenvalue weighted by Gasteiger charge is -2.19. The van der Waals surface area contributed by atoms with Crippen molar-refractivity contribution in [3.63, 3.8) is 0 Å². The molecule has 47 heavy (non-hydrogen) atoms. The van der Waals surface area contributed by atoms with Gasteiger partial charge in [0.05, 0.1) is 11.0 Å². The van der Waals surface area contributed by atoms with Gasteiger partial charge in [0.25, 0.3) is 0 Å². The molecular weight excluding hydrogens is 569 g/mol. The van der Waals surface area contributed by atoms with Crippen LogP contribution in [0.25, 0.3) is 98.4 Å². The molecule has 1 heterocycles. The maximum Gasteiger partial charge on any atom is 0.143 e. The van der Waals surface area contributed by atoms with Gasteiger partial charge in [-0.2, -0.15) is 0 Å². The SMILES string of the molecule is [2H]c1c([2H])c([2H])c2c(-c3cccc4oc5c6ccc(-c7ccccc7)cc6ccc5c34)c3c([2H])c([2H])c([2H])c([2H])c3c(-c3cccc4ccccc34)c2c1[2H]. The summed E-state index contributed by atoms with van der Waals surface area (Å²) in [5.41, 5.74) is 5.09. The van der Waals surface area contributed by atoms with Crippen molar-refractivity contribution in [2.24, 2.45) is 0 Å². The molecule has 10 rings (SSSR count). The van der Waals surface area contributed by atoms with E-state index in [2.05, 4.69) is 24.3 Å².